The van der Waals surface area contributed by atoms with Crippen molar-refractivity contribution in [1.29, 1.82) is 0 Å². The van der Waals surface area contributed by atoms with Crippen molar-refractivity contribution in [3.63, 3.8) is 0 Å². The van der Waals surface area contributed by atoms with Crippen LogP contribution in [0.4, 0.5) is 9.18 Å². The SMILES string of the molecule is CCC(CC)(NC(=O)NCCc1cccc(F)c1)C(=O)O. The van der Waals surface area contributed by atoms with E-state index in [1.807, 2.05) is 0 Å². The summed E-state index contributed by atoms with van der Waals surface area (Å²) in [6.45, 7) is 3.73. The largest absolute Gasteiger partial charge is 0.480 e. The molecular weight excluding hydrogens is 275 g/mol. The number of halogens is 1. The Morgan fingerprint density at radius 3 is 2.48 bits per heavy atom. The lowest BCUT2D eigenvalue weighted by Crippen LogP contribution is -2.56. The second kappa shape index (κ2) is 7.61. The van der Waals surface area contributed by atoms with E-state index in [2.05, 4.69) is 10.6 Å². The zero-order valence-electron chi connectivity index (χ0n) is 12.3. The summed E-state index contributed by atoms with van der Waals surface area (Å²) in [6, 6.07) is 5.60. The fourth-order valence-electron chi connectivity index (χ4n) is 2.06. The molecule has 0 fully saturated rings. The van der Waals surface area contributed by atoms with Crippen LogP contribution in [-0.4, -0.2) is 29.2 Å². The third kappa shape index (κ3) is 4.73. The minimum absolute atomic E-state index is 0.302. The van der Waals surface area contributed by atoms with Gasteiger partial charge in [0.2, 0.25) is 0 Å². The van der Waals surface area contributed by atoms with E-state index in [0.717, 1.165) is 5.56 Å². The van der Waals surface area contributed by atoms with Crippen LogP contribution >= 0.6 is 0 Å². The number of hydrogen-bond donors (Lipinski definition) is 3. The topological polar surface area (TPSA) is 78.4 Å². The number of carboxylic acids is 1. The Morgan fingerprint density at radius 2 is 1.95 bits per heavy atom. The fraction of sp³-hybridized carbons (Fsp3) is 0.467. The second-order valence-electron chi connectivity index (χ2n) is 4.86. The Kier molecular flexibility index (Phi) is 6.14. The van der Waals surface area contributed by atoms with Crippen LogP contribution in [0.5, 0.6) is 0 Å². The van der Waals surface area contributed by atoms with Gasteiger partial charge in [0.05, 0.1) is 0 Å². The Bertz CT molecular complexity index is 501. The molecule has 1 rings (SSSR count). The average molecular weight is 296 g/mol. The molecule has 0 radical (unpaired) electrons. The van der Waals surface area contributed by atoms with Crippen LogP contribution in [0.1, 0.15) is 32.3 Å². The predicted octanol–water partition coefficient (Wildman–Crippen LogP) is 2.31. The van der Waals surface area contributed by atoms with Crippen molar-refractivity contribution in [2.45, 2.75) is 38.6 Å². The number of hydrogen-bond acceptors (Lipinski definition) is 2. The Labute approximate surface area is 123 Å². The first-order valence-corrected chi connectivity index (χ1v) is 6.97. The molecule has 3 N–H and O–H groups in total. The van der Waals surface area contributed by atoms with E-state index in [-0.39, 0.29) is 5.82 Å². The molecule has 21 heavy (non-hydrogen) atoms. The van der Waals surface area contributed by atoms with Crippen LogP contribution in [0.2, 0.25) is 0 Å². The number of benzene rings is 1. The smallest absolute Gasteiger partial charge is 0.329 e. The zero-order chi connectivity index (χ0) is 15.9. The molecule has 0 aliphatic rings. The lowest BCUT2D eigenvalue weighted by molar-refractivity contribution is -0.144. The van der Waals surface area contributed by atoms with Crippen LogP contribution in [0.25, 0.3) is 0 Å². The highest BCUT2D eigenvalue weighted by atomic mass is 19.1. The van der Waals surface area contributed by atoms with Crippen LogP contribution < -0.4 is 10.6 Å². The Morgan fingerprint density at radius 1 is 1.29 bits per heavy atom. The first kappa shape index (κ1) is 16.9. The Hall–Kier alpha value is -2.11. The molecule has 5 nitrogen and oxygen atoms in total. The molecule has 0 atom stereocenters. The lowest BCUT2D eigenvalue weighted by Gasteiger charge is -2.28. The van der Waals surface area contributed by atoms with E-state index in [4.69, 9.17) is 0 Å². The summed E-state index contributed by atoms with van der Waals surface area (Å²) >= 11 is 0. The van der Waals surface area contributed by atoms with Gasteiger partial charge in [0.15, 0.2) is 0 Å². The van der Waals surface area contributed by atoms with E-state index >= 15 is 0 Å². The molecule has 0 aliphatic carbocycles. The molecule has 0 aromatic heterocycles. The number of carboxylic acid groups (broad SMARTS) is 1. The number of nitrogens with one attached hydrogen (secondary N) is 2. The zero-order valence-corrected chi connectivity index (χ0v) is 12.3. The summed E-state index contributed by atoms with van der Waals surface area (Å²) in [4.78, 5) is 23.0. The minimum Gasteiger partial charge on any atom is -0.480 e. The standard InChI is InChI=1S/C15H21FN2O3/c1-3-15(4-2,13(19)20)18-14(21)17-9-8-11-6-5-7-12(16)10-11/h5-7,10H,3-4,8-9H2,1-2H3,(H,19,20)(H2,17,18,21). The molecule has 116 valence electrons. The third-order valence-corrected chi connectivity index (χ3v) is 3.56. The third-order valence-electron chi connectivity index (χ3n) is 3.56. The van der Waals surface area contributed by atoms with Crippen molar-refractivity contribution >= 4 is 12.0 Å². The summed E-state index contributed by atoms with van der Waals surface area (Å²) in [6.07, 6.45) is 1.08. The lowest BCUT2D eigenvalue weighted by atomic mass is 9.93. The summed E-state index contributed by atoms with van der Waals surface area (Å²) in [5.74, 6) is -1.37. The van der Waals surface area contributed by atoms with Crippen LogP contribution in [0.15, 0.2) is 24.3 Å². The van der Waals surface area contributed by atoms with Crippen LogP contribution in [-0.2, 0) is 11.2 Å². The number of urea groups is 1. The molecule has 0 saturated heterocycles. The van der Waals surface area contributed by atoms with Crippen molar-refractivity contribution in [3.8, 4) is 0 Å². The molecular formula is C15H21FN2O3. The molecule has 0 unspecified atom stereocenters. The first-order chi connectivity index (χ1) is 9.93. The highest BCUT2D eigenvalue weighted by Crippen LogP contribution is 2.15. The van der Waals surface area contributed by atoms with Crippen molar-refractivity contribution in [3.05, 3.63) is 35.6 Å². The van der Waals surface area contributed by atoms with Gasteiger partial charge in [-0.25, -0.2) is 14.0 Å². The summed E-state index contributed by atoms with van der Waals surface area (Å²) in [5, 5.41) is 14.3. The quantitative estimate of drug-likeness (QED) is 0.722. The molecule has 0 bridgehead atoms. The highest BCUT2D eigenvalue weighted by Gasteiger charge is 2.36. The summed E-state index contributed by atoms with van der Waals surface area (Å²) in [5.41, 5.74) is -0.478. The minimum atomic E-state index is -1.25. The molecule has 1 aromatic rings. The fourth-order valence-corrected chi connectivity index (χ4v) is 2.06. The van der Waals surface area contributed by atoms with Gasteiger partial charge in [-0.05, 0) is 37.0 Å². The predicted molar refractivity (Wildman–Crippen MR) is 77.6 cm³/mol. The van der Waals surface area contributed by atoms with Gasteiger partial charge in [0.1, 0.15) is 11.4 Å². The molecule has 6 heteroatoms. The van der Waals surface area contributed by atoms with E-state index in [9.17, 15) is 19.1 Å². The first-order valence-electron chi connectivity index (χ1n) is 6.97. The molecule has 0 saturated carbocycles. The van der Waals surface area contributed by atoms with Gasteiger partial charge in [-0.3, -0.25) is 0 Å². The number of aliphatic carboxylic acids is 1. The molecule has 0 aliphatic heterocycles. The van der Waals surface area contributed by atoms with Gasteiger partial charge in [0, 0.05) is 6.54 Å². The van der Waals surface area contributed by atoms with Gasteiger partial charge in [-0.1, -0.05) is 26.0 Å². The van der Waals surface area contributed by atoms with Crippen molar-refractivity contribution in [1.82, 2.24) is 10.6 Å². The van der Waals surface area contributed by atoms with E-state index in [1.165, 1.54) is 12.1 Å². The molecule has 1 aromatic carbocycles. The van der Waals surface area contributed by atoms with Crippen molar-refractivity contribution in [2.24, 2.45) is 0 Å². The maximum Gasteiger partial charge on any atom is 0.329 e. The van der Waals surface area contributed by atoms with Gasteiger partial charge in [0.25, 0.3) is 0 Å². The summed E-state index contributed by atoms with van der Waals surface area (Å²) < 4.78 is 13.0. The van der Waals surface area contributed by atoms with E-state index in [1.54, 1.807) is 26.0 Å². The number of rotatable bonds is 7. The molecule has 0 spiro atoms. The maximum absolute atomic E-state index is 13.0. The van der Waals surface area contributed by atoms with Crippen molar-refractivity contribution in [2.75, 3.05) is 6.54 Å². The maximum atomic E-state index is 13.0. The summed E-state index contributed by atoms with van der Waals surface area (Å²) in [7, 11) is 0. The average Bonchev–Trinajstić information content (AvgIpc) is 2.44. The number of carbonyl (C=O) groups excluding carboxylic acids is 1. The van der Waals surface area contributed by atoms with E-state index in [0.29, 0.717) is 25.8 Å². The van der Waals surface area contributed by atoms with Gasteiger partial charge < -0.3 is 15.7 Å². The normalized spacial score (nSPS) is 11.0. The monoisotopic (exact) mass is 296 g/mol. The van der Waals surface area contributed by atoms with Gasteiger partial charge in [-0.2, -0.15) is 0 Å². The van der Waals surface area contributed by atoms with Gasteiger partial charge in [-0.15, -0.1) is 0 Å². The molecule has 0 heterocycles. The second-order valence-corrected chi connectivity index (χ2v) is 4.86. The highest BCUT2D eigenvalue weighted by molar-refractivity contribution is 5.86. The number of amides is 2. The van der Waals surface area contributed by atoms with E-state index < -0.39 is 17.5 Å². The van der Waals surface area contributed by atoms with Crippen LogP contribution in [0.3, 0.4) is 0 Å². The number of carbonyl (C=O) groups is 2. The Balaban J connectivity index is 2.48. The van der Waals surface area contributed by atoms with Crippen LogP contribution in [0, 0.1) is 5.82 Å². The molecule has 2 amide bonds. The van der Waals surface area contributed by atoms with Crippen molar-refractivity contribution < 1.29 is 19.1 Å². The van der Waals surface area contributed by atoms with Gasteiger partial charge >= 0.3 is 12.0 Å².